The number of nitrogens with zero attached hydrogens (tertiary/aromatic N) is 3. The largest absolute Gasteiger partial charge is 0.341 e. The summed E-state index contributed by atoms with van der Waals surface area (Å²) in [5, 5.41) is 0.626. The summed E-state index contributed by atoms with van der Waals surface area (Å²) in [5.41, 5.74) is 1.89. The summed E-state index contributed by atoms with van der Waals surface area (Å²) in [4.78, 5) is 33.3. The van der Waals surface area contributed by atoms with Gasteiger partial charge in [0.05, 0.1) is 11.7 Å². The molecule has 1 aliphatic rings. The molecule has 6 heteroatoms. The summed E-state index contributed by atoms with van der Waals surface area (Å²) < 4.78 is 1.44. The van der Waals surface area contributed by atoms with Gasteiger partial charge >= 0.3 is 0 Å². The van der Waals surface area contributed by atoms with Crippen LogP contribution in [0.5, 0.6) is 0 Å². The molecule has 0 saturated carbocycles. The molecule has 4 rings (SSSR count). The third-order valence-electron chi connectivity index (χ3n) is 4.72. The molecule has 0 aliphatic carbocycles. The first-order chi connectivity index (χ1) is 12.1. The van der Waals surface area contributed by atoms with E-state index in [0.717, 1.165) is 46.8 Å². The molecule has 1 saturated heterocycles. The Hall–Kier alpha value is -2.47. The molecule has 0 radical (unpaired) electrons. The lowest BCUT2D eigenvalue weighted by atomic mass is 10.1. The number of likely N-dealkylation sites (tertiary alicyclic amines) is 1. The van der Waals surface area contributed by atoms with Gasteiger partial charge in [0, 0.05) is 18.0 Å². The summed E-state index contributed by atoms with van der Waals surface area (Å²) >= 11 is 1.52. The highest BCUT2D eigenvalue weighted by atomic mass is 32.1. The minimum Gasteiger partial charge on any atom is -0.341 e. The van der Waals surface area contributed by atoms with Crippen LogP contribution in [-0.4, -0.2) is 33.4 Å². The lowest BCUT2D eigenvalue weighted by Crippen LogP contribution is -2.34. The normalized spacial score (nSPS) is 14.4. The van der Waals surface area contributed by atoms with Crippen molar-refractivity contribution in [1.82, 2.24) is 14.5 Å². The molecule has 1 aliphatic heterocycles. The van der Waals surface area contributed by atoms with E-state index in [1.807, 2.05) is 42.2 Å². The maximum atomic E-state index is 12.9. The highest BCUT2D eigenvalue weighted by Crippen LogP contribution is 2.35. The van der Waals surface area contributed by atoms with Crippen molar-refractivity contribution in [1.29, 1.82) is 0 Å². The Labute approximate surface area is 149 Å². The Kier molecular flexibility index (Phi) is 4.13. The number of fused-ring (bicyclic) bond motifs is 1. The molecule has 0 bridgehead atoms. The maximum Gasteiger partial charge on any atom is 0.262 e. The van der Waals surface area contributed by atoms with E-state index in [1.165, 1.54) is 22.2 Å². The summed E-state index contributed by atoms with van der Waals surface area (Å²) in [6.45, 7) is 3.60. The van der Waals surface area contributed by atoms with Gasteiger partial charge < -0.3 is 4.90 Å². The number of amides is 1. The first kappa shape index (κ1) is 16.0. The van der Waals surface area contributed by atoms with E-state index in [1.54, 1.807) is 0 Å². The van der Waals surface area contributed by atoms with Crippen molar-refractivity contribution in [2.75, 3.05) is 13.1 Å². The van der Waals surface area contributed by atoms with Crippen LogP contribution in [0.25, 0.3) is 20.7 Å². The number of aromatic nitrogens is 2. The molecule has 3 heterocycles. The van der Waals surface area contributed by atoms with E-state index >= 15 is 0 Å². The van der Waals surface area contributed by atoms with Crippen LogP contribution >= 0.6 is 11.3 Å². The fourth-order valence-electron chi connectivity index (χ4n) is 3.35. The molecule has 5 nitrogen and oxygen atoms in total. The van der Waals surface area contributed by atoms with E-state index in [9.17, 15) is 9.59 Å². The number of thiophene rings is 1. The smallest absolute Gasteiger partial charge is 0.262 e. The number of benzene rings is 1. The van der Waals surface area contributed by atoms with Gasteiger partial charge in [-0.3, -0.25) is 14.2 Å². The zero-order valence-corrected chi connectivity index (χ0v) is 14.9. The molecule has 3 aromatic rings. The van der Waals surface area contributed by atoms with Gasteiger partial charge in [0.15, 0.2) is 0 Å². The van der Waals surface area contributed by atoms with Gasteiger partial charge in [-0.1, -0.05) is 30.3 Å². The van der Waals surface area contributed by atoms with Gasteiger partial charge in [-0.25, -0.2) is 4.98 Å². The Morgan fingerprint density at radius 2 is 1.92 bits per heavy atom. The highest BCUT2D eigenvalue weighted by molar-refractivity contribution is 7.22. The zero-order chi connectivity index (χ0) is 17.4. The first-order valence-electron chi connectivity index (χ1n) is 8.47. The van der Waals surface area contributed by atoms with Crippen LogP contribution in [-0.2, 0) is 11.3 Å². The van der Waals surface area contributed by atoms with Gasteiger partial charge in [0.1, 0.15) is 11.4 Å². The first-order valence-corrected chi connectivity index (χ1v) is 9.28. The molecule has 0 N–H and O–H groups in total. The third kappa shape index (κ3) is 2.87. The summed E-state index contributed by atoms with van der Waals surface area (Å²) in [7, 11) is 0. The van der Waals surface area contributed by atoms with Crippen molar-refractivity contribution in [3.05, 3.63) is 52.6 Å². The molecule has 128 valence electrons. The van der Waals surface area contributed by atoms with E-state index in [2.05, 4.69) is 4.98 Å². The van der Waals surface area contributed by atoms with Crippen LogP contribution in [0.3, 0.4) is 0 Å². The van der Waals surface area contributed by atoms with Crippen molar-refractivity contribution in [2.45, 2.75) is 26.3 Å². The second kappa shape index (κ2) is 6.44. The molecule has 0 spiro atoms. The van der Waals surface area contributed by atoms with E-state index < -0.39 is 0 Å². The van der Waals surface area contributed by atoms with Gasteiger partial charge in [-0.05, 0) is 30.9 Å². The molecule has 25 heavy (non-hydrogen) atoms. The number of carbonyl (C=O) groups is 1. The van der Waals surface area contributed by atoms with Crippen molar-refractivity contribution in [2.24, 2.45) is 0 Å². The third-order valence-corrected chi connectivity index (χ3v) is 5.97. The van der Waals surface area contributed by atoms with Crippen molar-refractivity contribution in [3.63, 3.8) is 0 Å². The van der Waals surface area contributed by atoms with Gasteiger partial charge in [0.25, 0.3) is 5.56 Å². The number of aryl methyl sites for hydroxylation is 1. The topological polar surface area (TPSA) is 55.2 Å². The summed E-state index contributed by atoms with van der Waals surface area (Å²) in [6, 6.07) is 10.0. The average molecular weight is 353 g/mol. The molecular formula is C19H19N3O2S. The Morgan fingerprint density at radius 3 is 2.64 bits per heavy atom. The second-order valence-electron chi connectivity index (χ2n) is 6.37. The van der Waals surface area contributed by atoms with Crippen LogP contribution in [0.4, 0.5) is 0 Å². The number of rotatable bonds is 3. The van der Waals surface area contributed by atoms with Crippen molar-refractivity contribution in [3.8, 4) is 10.4 Å². The van der Waals surface area contributed by atoms with E-state index in [0.29, 0.717) is 5.39 Å². The Bertz CT molecular complexity index is 985. The maximum absolute atomic E-state index is 12.9. The lowest BCUT2D eigenvalue weighted by molar-refractivity contribution is -0.130. The predicted molar refractivity (Wildman–Crippen MR) is 99.9 cm³/mol. The fourth-order valence-corrected chi connectivity index (χ4v) is 4.49. The van der Waals surface area contributed by atoms with Crippen molar-refractivity contribution >= 4 is 27.5 Å². The SMILES string of the molecule is Cc1c(-c2ccccc2)sc2ncn(CC(=O)N3CCCC3)c(=O)c12. The zero-order valence-electron chi connectivity index (χ0n) is 14.1. The minimum atomic E-state index is -0.131. The van der Waals surface area contributed by atoms with Crippen LogP contribution in [0.15, 0.2) is 41.5 Å². The minimum absolute atomic E-state index is 0.00286. The standard InChI is InChI=1S/C19H19N3O2S/c1-13-16-18(25-17(13)14-7-3-2-4-8-14)20-12-22(19(16)24)11-15(23)21-9-5-6-10-21/h2-4,7-8,12H,5-6,9-11H2,1H3. The summed E-state index contributed by atoms with van der Waals surface area (Å²) in [5.74, 6) is -0.00286. The van der Waals surface area contributed by atoms with Gasteiger partial charge in [0.2, 0.25) is 5.91 Å². The predicted octanol–water partition coefficient (Wildman–Crippen LogP) is 3.06. The summed E-state index contributed by atoms with van der Waals surface area (Å²) in [6.07, 6.45) is 3.59. The molecule has 1 amide bonds. The van der Waals surface area contributed by atoms with Crippen LogP contribution < -0.4 is 5.56 Å². The quantitative estimate of drug-likeness (QED) is 0.727. The Morgan fingerprint density at radius 1 is 1.20 bits per heavy atom. The molecule has 0 atom stereocenters. The van der Waals surface area contributed by atoms with Crippen LogP contribution in [0.2, 0.25) is 0 Å². The number of hydrogen-bond donors (Lipinski definition) is 0. The molecule has 0 unspecified atom stereocenters. The van der Waals surface area contributed by atoms with Gasteiger partial charge in [-0.2, -0.15) is 0 Å². The number of carbonyl (C=O) groups excluding carboxylic acids is 1. The van der Waals surface area contributed by atoms with E-state index in [-0.39, 0.29) is 18.0 Å². The lowest BCUT2D eigenvalue weighted by Gasteiger charge is -2.15. The monoisotopic (exact) mass is 353 g/mol. The van der Waals surface area contributed by atoms with Crippen molar-refractivity contribution < 1.29 is 4.79 Å². The molecular weight excluding hydrogens is 334 g/mol. The fraction of sp³-hybridized carbons (Fsp3) is 0.316. The Balaban J connectivity index is 1.74. The molecule has 2 aromatic heterocycles. The average Bonchev–Trinajstić information content (AvgIpc) is 3.27. The van der Waals surface area contributed by atoms with Crippen LogP contribution in [0, 0.1) is 6.92 Å². The second-order valence-corrected chi connectivity index (χ2v) is 7.37. The number of hydrogen-bond acceptors (Lipinski definition) is 4. The molecule has 1 fully saturated rings. The van der Waals surface area contributed by atoms with E-state index in [4.69, 9.17) is 0 Å². The van der Waals surface area contributed by atoms with Crippen LogP contribution in [0.1, 0.15) is 18.4 Å². The molecule has 1 aromatic carbocycles. The highest BCUT2D eigenvalue weighted by Gasteiger charge is 2.20. The van der Waals surface area contributed by atoms with Gasteiger partial charge in [-0.15, -0.1) is 11.3 Å².